The van der Waals surface area contributed by atoms with Crippen LogP contribution in [0.2, 0.25) is 0 Å². The molecule has 2 aromatic rings. The van der Waals surface area contributed by atoms with Gasteiger partial charge in [-0.05, 0) is 59.2 Å². The second-order valence-electron chi connectivity index (χ2n) is 4.97. The Kier molecular flexibility index (Phi) is 2.64. The van der Waals surface area contributed by atoms with E-state index in [0.717, 1.165) is 13.0 Å². The molecular formula is C16H19N. The first-order valence-electron chi connectivity index (χ1n) is 6.58. The van der Waals surface area contributed by atoms with Gasteiger partial charge in [0.1, 0.15) is 0 Å². The average molecular weight is 225 g/mol. The van der Waals surface area contributed by atoms with Crippen LogP contribution in [0.25, 0.3) is 10.8 Å². The zero-order valence-electron chi connectivity index (χ0n) is 10.4. The van der Waals surface area contributed by atoms with Crippen molar-refractivity contribution in [2.45, 2.75) is 32.1 Å². The molecule has 0 saturated heterocycles. The fourth-order valence-corrected chi connectivity index (χ4v) is 3.20. The molecule has 1 unspecified atom stereocenters. The first-order chi connectivity index (χ1) is 8.35. The van der Waals surface area contributed by atoms with Crippen LogP contribution in [0.1, 0.15) is 36.0 Å². The molecule has 88 valence electrons. The van der Waals surface area contributed by atoms with E-state index in [9.17, 15) is 0 Å². The molecule has 0 saturated carbocycles. The largest absolute Gasteiger partial charge is 0.330 e. The van der Waals surface area contributed by atoms with Gasteiger partial charge in [0.25, 0.3) is 0 Å². The molecule has 0 amide bonds. The van der Waals surface area contributed by atoms with Crippen molar-refractivity contribution < 1.29 is 0 Å². The standard InChI is InChI=1S/C16H19N/c1-2-11-6-7-12-4-3-5-14-13(10-17)8-9-15(11)16(12)14/h3-7,13H,2,8-10,17H2,1H3. The van der Waals surface area contributed by atoms with Crippen LogP contribution in [0.15, 0.2) is 30.3 Å². The van der Waals surface area contributed by atoms with Gasteiger partial charge in [-0.1, -0.05) is 37.3 Å². The van der Waals surface area contributed by atoms with Crippen LogP contribution >= 0.6 is 0 Å². The maximum absolute atomic E-state index is 5.91. The molecule has 17 heavy (non-hydrogen) atoms. The van der Waals surface area contributed by atoms with E-state index < -0.39 is 0 Å². The number of benzene rings is 2. The first-order valence-corrected chi connectivity index (χ1v) is 6.58. The number of nitrogens with two attached hydrogens (primary N) is 1. The van der Waals surface area contributed by atoms with Crippen LogP contribution in [0.3, 0.4) is 0 Å². The Hall–Kier alpha value is -1.34. The summed E-state index contributed by atoms with van der Waals surface area (Å²) in [6, 6.07) is 11.2. The Morgan fingerprint density at radius 2 is 2.12 bits per heavy atom. The molecule has 0 fully saturated rings. The van der Waals surface area contributed by atoms with Crippen molar-refractivity contribution in [1.82, 2.24) is 0 Å². The quantitative estimate of drug-likeness (QED) is 0.833. The van der Waals surface area contributed by atoms with E-state index in [1.54, 1.807) is 5.56 Å². The molecule has 2 aromatic carbocycles. The van der Waals surface area contributed by atoms with Crippen molar-refractivity contribution >= 4 is 10.8 Å². The highest BCUT2D eigenvalue weighted by Gasteiger charge is 2.21. The summed E-state index contributed by atoms with van der Waals surface area (Å²) in [6.07, 6.45) is 3.53. The van der Waals surface area contributed by atoms with Gasteiger partial charge in [0.15, 0.2) is 0 Å². The Balaban J connectivity index is 2.35. The molecule has 0 aromatic heterocycles. The van der Waals surface area contributed by atoms with Gasteiger partial charge in [0, 0.05) is 0 Å². The molecule has 2 N–H and O–H groups in total. The van der Waals surface area contributed by atoms with Crippen molar-refractivity contribution in [2.24, 2.45) is 5.73 Å². The van der Waals surface area contributed by atoms with E-state index in [1.165, 1.54) is 34.7 Å². The Morgan fingerprint density at radius 3 is 2.88 bits per heavy atom. The van der Waals surface area contributed by atoms with E-state index in [-0.39, 0.29) is 0 Å². The number of rotatable bonds is 2. The summed E-state index contributed by atoms with van der Waals surface area (Å²) in [6.45, 7) is 3.02. The zero-order chi connectivity index (χ0) is 11.8. The molecule has 0 aliphatic heterocycles. The fourth-order valence-electron chi connectivity index (χ4n) is 3.20. The molecule has 3 rings (SSSR count). The Bertz CT molecular complexity index is 557. The van der Waals surface area contributed by atoms with E-state index >= 15 is 0 Å². The molecule has 1 atom stereocenters. The summed E-state index contributed by atoms with van der Waals surface area (Å²) >= 11 is 0. The lowest BCUT2D eigenvalue weighted by Gasteiger charge is -2.26. The smallest absolute Gasteiger partial charge is 0.000790 e. The maximum atomic E-state index is 5.91. The highest BCUT2D eigenvalue weighted by molar-refractivity contribution is 5.91. The first kappa shape index (κ1) is 10.8. The fraction of sp³-hybridized carbons (Fsp3) is 0.375. The molecule has 1 nitrogen and oxygen atoms in total. The van der Waals surface area contributed by atoms with E-state index in [2.05, 4.69) is 37.3 Å². The third kappa shape index (κ3) is 1.57. The summed E-state index contributed by atoms with van der Waals surface area (Å²) in [5.41, 5.74) is 10.5. The van der Waals surface area contributed by atoms with Crippen LogP contribution in [0.5, 0.6) is 0 Å². The highest BCUT2D eigenvalue weighted by Crippen LogP contribution is 2.37. The molecule has 1 heteroatoms. The van der Waals surface area contributed by atoms with Gasteiger partial charge < -0.3 is 5.73 Å². The van der Waals surface area contributed by atoms with Crippen molar-refractivity contribution in [3.63, 3.8) is 0 Å². The molecule has 0 heterocycles. The third-order valence-electron chi connectivity index (χ3n) is 4.13. The molecule has 0 spiro atoms. The second-order valence-corrected chi connectivity index (χ2v) is 4.97. The van der Waals surface area contributed by atoms with Crippen LogP contribution < -0.4 is 5.73 Å². The van der Waals surface area contributed by atoms with Gasteiger partial charge in [-0.2, -0.15) is 0 Å². The predicted molar refractivity (Wildman–Crippen MR) is 73.4 cm³/mol. The van der Waals surface area contributed by atoms with E-state index in [1.807, 2.05) is 0 Å². The third-order valence-corrected chi connectivity index (χ3v) is 4.13. The van der Waals surface area contributed by atoms with Crippen molar-refractivity contribution in [3.8, 4) is 0 Å². The Morgan fingerprint density at radius 1 is 1.24 bits per heavy atom. The van der Waals surface area contributed by atoms with Gasteiger partial charge in [0.05, 0.1) is 0 Å². The summed E-state index contributed by atoms with van der Waals surface area (Å²) in [5, 5.41) is 2.88. The lowest BCUT2D eigenvalue weighted by molar-refractivity contribution is 0.623. The molecule has 1 aliphatic rings. The number of aryl methyl sites for hydroxylation is 2. The van der Waals surface area contributed by atoms with E-state index in [0.29, 0.717) is 5.92 Å². The van der Waals surface area contributed by atoms with Crippen LogP contribution in [0.4, 0.5) is 0 Å². The van der Waals surface area contributed by atoms with Gasteiger partial charge in [0.2, 0.25) is 0 Å². The minimum Gasteiger partial charge on any atom is -0.330 e. The number of hydrogen-bond donors (Lipinski definition) is 1. The molecule has 0 bridgehead atoms. The summed E-state index contributed by atoms with van der Waals surface area (Å²) in [7, 11) is 0. The molecule has 1 aliphatic carbocycles. The highest BCUT2D eigenvalue weighted by atomic mass is 14.6. The van der Waals surface area contributed by atoms with Crippen LogP contribution in [0, 0.1) is 0 Å². The minimum absolute atomic E-state index is 0.554. The lowest BCUT2D eigenvalue weighted by Crippen LogP contribution is -2.18. The van der Waals surface area contributed by atoms with Crippen LogP contribution in [-0.2, 0) is 12.8 Å². The van der Waals surface area contributed by atoms with Gasteiger partial charge in [-0.3, -0.25) is 0 Å². The Labute approximate surface area is 103 Å². The monoisotopic (exact) mass is 225 g/mol. The zero-order valence-corrected chi connectivity index (χ0v) is 10.4. The SMILES string of the molecule is CCc1ccc2cccc3c2c1CCC3CN. The summed E-state index contributed by atoms with van der Waals surface area (Å²) in [5.74, 6) is 0.554. The van der Waals surface area contributed by atoms with Crippen molar-refractivity contribution in [2.75, 3.05) is 6.54 Å². The average Bonchev–Trinajstić information content (AvgIpc) is 2.40. The van der Waals surface area contributed by atoms with Gasteiger partial charge >= 0.3 is 0 Å². The van der Waals surface area contributed by atoms with Gasteiger partial charge in [-0.15, -0.1) is 0 Å². The summed E-state index contributed by atoms with van der Waals surface area (Å²) in [4.78, 5) is 0. The molecular weight excluding hydrogens is 206 g/mol. The van der Waals surface area contributed by atoms with E-state index in [4.69, 9.17) is 5.73 Å². The summed E-state index contributed by atoms with van der Waals surface area (Å²) < 4.78 is 0. The van der Waals surface area contributed by atoms with Crippen LogP contribution in [-0.4, -0.2) is 6.54 Å². The predicted octanol–water partition coefficient (Wildman–Crippen LogP) is 3.39. The number of hydrogen-bond acceptors (Lipinski definition) is 1. The van der Waals surface area contributed by atoms with Crippen molar-refractivity contribution in [3.05, 3.63) is 47.0 Å². The maximum Gasteiger partial charge on any atom is -0.000790 e. The second kappa shape index (κ2) is 4.15. The normalized spacial score (nSPS) is 18.6. The van der Waals surface area contributed by atoms with Crippen molar-refractivity contribution in [1.29, 1.82) is 0 Å². The molecule has 0 radical (unpaired) electrons. The topological polar surface area (TPSA) is 26.0 Å². The lowest BCUT2D eigenvalue weighted by atomic mass is 9.79. The minimum atomic E-state index is 0.554. The van der Waals surface area contributed by atoms with Gasteiger partial charge in [-0.25, -0.2) is 0 Å².